The molecule has 0 bridgehead atoms. The molecule has 0 aromatic carbocycles. The maximum atomic E-state index is 11.8. The highest BCUT2D eigenvalue weighted by molar-refractivity contribution is 5.71. The summed E-state index contributed by atoms with van der Waals surface area (Å²) < 4.78 is 5.50. The Balaban J connectivity index is 1.59. The average Bonchev–Trinajstić information content (AvgIpc) is 2.92. The van der Waals surface area contributed by atoms with Crippen LogP contribution < -0.4 is 0 Å². The Labute approximate surface area is 156 Å². The molecule has 4 aliphatic rings. The van der Waals surface area contributed by atoms with E-state index >= 15 is 0 Å². The number of hydrogen-bond donors (Lipinski definition) is 1. The molecule has 0 aromatic rings. The van der Waals surface area contributed by atoms with Crippen molar-refractivity contribution in [2.75, 3.05) is 0 Å². The van der Waals surface area contributed by atoms with Gasteiger partial charge in [0.1, 0.15) is 6.10 Å². The normalized spacial score (nSPS) is 47.2. The first-order valence-corrected chi connectivity index (χ1v) is 10.4. The van der Waals surface area contributed by atoms with Gasteiger partial charge in [0.15, 0.2) is 0 Å². The Morgan fingerprint density at radius 2 is 1.88 bits per heavy atom. The van der Waals surface area contributed by atoms with E-state index in [2.05, 4.69) is 19.9 Å². The zero-order chi connectivity index (χ0) is 18.7. The monoisotopic (exact) mass is 360 g/mol. The molecule has 0 aromatic heterocycles. The number of ether oxygens (including phenoxy) is 1. The smallest absolute Gasteiger partial charge is 0.307 e. The summed E-state index contributed by atoms with van der Waals surface area (Å²) in [5.41, 5.74) is 1.68. The van der Waals surface area contributed by atoms with Gasteiger partial charge in [0.25, 0.3) is 0 Å². The molecular weight excluding hydrogens is 328 g/mol. The summed E-state index contributed by atoms with van der Waals surface area (Å²) in [6.07, 6.45) is 10.6. The van der Waals surface area contributed by atoms with Gasteiger partial charge in [-0.15, -0.1) is 0 Å². The summed E-state index contributed by atoms with van der Waals surface area (Å²) in [5, 5.41) is 9.70. The molecule has 4 aliphatic carbocycles. The fraction of sp³-hybridized carbons (Fsp3) is 0.818. The van der Waals surface area contributed by atoms with Gasteiger partial charge in [0.2, 0.25) is 0 Å². The fourth-order valence-electron chi connectivity index (χ4n) is 7.37. The van der Waals surface area contributed by atoms with Crippen LogP contribution in [0.2, 0.25) is 0 Å². The van der Waals surface area contributed by atoms with Crippen molar-refractivity contribution in [3.8, 4) is 0 Å². The Morgan fingerprint density at radius 1 is 1.12 bits per heavy atom. The summed E-state index contributed by atoms with van der Waals surface area (Å²) in [7, 11) is 0. The molecule has 7 atom stereocenters. The van der Waals surface area contributed by atoms with Crippen molar-refractivity contribution in [2.24, 2.45) is 34.5 Å². The third-order valence-electron chi connectivity index (χ3n) is 8.69. The maximum Gasteiger partial charge on any atom is 0.307 e. The second-order valence-corrected chi connectivity index (χ2v) is 9.75. The van der Waals surface area contributed by atoms with E-state index in [0.717, 1.165) is 51.4 Å². The molecular formula is C22H32O4. The summed E-state index contributed by atoms with van der Waals surface area (Å²) in [5.74, 6) is 0.901. The number of esters is 1. The highest BCUT2D eigenvalue weighted by Gasteiger charge is 2.60. The highest BCUT2D eigenvalue weighted by Crippen LogP contribution is 2.66. The number of carbonyl (C=O) groups is 2. The minimum absolute atomic E-state index is 0.0242. The topological polar surface area (TPSA) is 63.6 Å². The molecule has 4 rings (SSSR count). The third-order valence-corrected chi connectivity index (χ3v) is 8.69. The van der Waals surface area contributed by atoms with E-state index in [-0.39, 0.29) is 28.8 Å². The fourth-order valence-corrected chi connectivity index (χ4v) is 7.37. The second-order valence-electron chi connectivity index (χ2n) is 9.75. The summed E-state index contributed by atoms with van der Waals surface area (Å²) in [4.78, 5) is 23.1. The van der Waals surface area contributed by atoms with E-state index in [1.807, 2.05) is 0 Å². The van der Waals surface area contributed by atoms with Crippen LogP contribution in [0.1, 0.15) is 72.1 Å². The van der Waals surface area contributed by atoms with Crippen molar-refractivity contribution < 1.29 is 19.4 Å². The Morgan fingerprint density at radius 3 is 2.58 bits per heavy atom. The van der Waals surface area contributed by atoms with Crippen LogP contribution in [-0.4, -0.2) is 23.1 Å². The van der Waals surface area contributed by atoms with Gasteiger partial charge in [0.05, 0.1) is 5.92 Å². The van der Waals surface area contributed by atoms with Crippen LogP contribution in [0.15, 0.2) is 11.6 Å². The Bertz CT molecular complexity index is 653. The van der Waals surface area contributed by atoms with E-state index in [9.17, 15) is 14.7 Å². The standard InChI is InChI=1S/C22H32O4/c1-13(23)26-15-8-10-21(2)14(12-15)4-5-16-17-6-7-19(20(24)25)22(17,3)11-9-18(16)21/h4,15-19H,5-12H2,1-3H3,(H,24,25)/t15-,16+,17+,18+,19-,21-,22+/m0/s1. The summed E-state index contributed by atoms with van der Waals surface area (Å²) in [6, 6.07) is 0. The number of carbonyl (C=O) groups excluding carboxylic acids is 1. The maximum absolute atomic E-state index is 11.8. The lowest BCUT2D eigenvalue weighted by atomic mass is 9.47. The molecule has 0 amide bonds. The lowest BCUT2D eigenvalue weighted by Crippen LogP contribution is -2.51. The molecule has 0 aliphatic heterocycles. The minimum Gasteiger partial charge on any atom is -0.481 e. The second kappa shape index (κ2) is 6.10. The Kier molecular flexibility index (Phi) is 4.24. The third kappa shape index (κ3) is 2.55. The molecule has 4 nitrogen and oxygen atoms in total. The van der Waals surface area contributed by atoms with Gasteiger partial charge in [-0.1, -0.05) is 25.5 Å². The summed E-state index contributed by atoms with van der Waals surface area (Å²) >= 11 is 0. The van der Waals surface area contributed by atoms with E-state index in [0.29, 0.717) is 17.8 Å². The van der Waals surface area contributed by atoms with Crippen molar-refractivity contribution in [2.45, 2.75) is 78.2 Å². The molecule has 0 saturated heterocycles. The predicted molar refractivity (Wildman–Crippen MR) is 98.4 cm³/mol. The van der Waals surface area contributed by atoms with Crippen molar-refractivity contribution in [1.29, 1.82) is 0 Å². The van der Waals surface area contributed by atoms with E-state index < -0.39 is 5.97 Å². The van der Waals surface area contributed by atoms with Gasteiger partial charge in [-0.25, -0.2) is 0 Å². The van der Waals surface area contributed by atoms with Crippen LogP contribution in [-0.2, 0) is 14.3 Å². The van der Waals surface area contributed by atoms with Gasteiger partial charge in [-0.05, 0) is 73.5 Å². The molecule has 0 spiro atoms. The largest absolute Gasteiger partial charge is 0.481 e. The number of carboxylic acids is 1. The van der Waals surface area contributed by atoms with Crippen molar-refractivity contribution >= 4 is 11.9 Å². The average molecular weight is 360 g/mol. The van der Waals surface area contributed by atoms with Crippen LogP contribution in [0.5, 0.6) is 0 Å². The lowest BCUT2D eigenvalue weighted by molar-refractivity contribution is -0.151. The number of carboxylic acid groups (broad SMARTS) is 1. The highest BCUT2D eigenvalue weighted by atomic mass is 16.5. The molecule has 3 saturated carbocycles. The van der Waals surface area contributed by atoms with Crippen LogP contribution >= 0.6 is 0 Å². The SMILES string of the molecule is CC(=O)O[C@H]1CC[C@@]2(C)C(=CC[C@@H]3[C@H]4CC[C@@H](C(=O)O)[C@]4(C)CC[C@H]32)C1. The van der Waals surface area contributed by atoms with E-state index in [1.54, 1.807) is 0 Å². The molecule has 26 heavy (non-hydrogen) atoms. The molecule has 4 heteroatoms. The van der Waals surface area contributed by atoms with Gasteiger partial charge >= 0.3 is 11.9 Å². The quantitative estimate of drug-likeness (QED) is 0.578. The number of hydrogen-bond acceptors (Lipinski definition) is 3. The first-order chi connectivity index (χ1) is 12.3. The predicted octanol–water partition coefficient (Wildman–Crippen LogP) is 4.58. The molecule has 0 radical (unpaired) electrons. The van der Waals surface area contributed by atoms with E-state index in [4.69, 9.17) is 4.74 Å². The lowest BCUT2D eigenvalue weighted by Gasteiger charge is -2.57. The van der Waals surface area contributed by atoms with Crippen LogP contribution in [0.3, 0.4) is 0 Å². The first-order valence-electron chi connectivity index (χ1n) is 10.4. The van der Waals surface area contributed by atoms with Crippen LogP contribution in [0.4, 0.5) is 0 Å². The van der Waals surface area contributed by atoms with Gasteiger partial charge in [-0.3, -0.25) is 9.59 Å². The van der Waals surface area contributed by atoms with Gasteiger partial charge in [-0.2, -0.15) is 0 Å². The van der Waals surface area contributed by atoms with Crippen LogP contribution in [0, 0.1) is 34.5 Å². The zero-order valence-corrected chi connectivity index (χ0v) is 16.3. The Hall–Kier alpha value is -1.32. The molecule has 0 heterocycles. The minimum atomic E-state index is -0.589. The number of allylic oxidation sites excluding steroid dienone is 1. The molecule has 1 N–H and O–H groups in total. The summed E-state index contributed by atoms with van der Waals surface area (Å²) in [6.45, 7) is 6.17. The van der Waals surface area contributed by atoms with Crippen molar-refractivity contribution in [3.63, 3.8) is 0 Å². The zero-order valence-electron chi connectivity index (χ0n) is 16.3. The first kappa shape index (κ1) is 18.1. The molecule has 0 unspecified atom stereocenters. The van der Waals surface area contributed by atoms with Gasteiger partial charge < -0.3 is 9.84 Å². The van der Waals surface area contributed by atoms with E-state index in [1.165, 1.54) is 12.5 Å². The number of aliphatic carboxylic acids is 1. The molecule has 144 valence electrons. The van der Waals surface area contributed by atoms with Crippen molar-refractivity contribution in [1.82, 2.24) is 0 Å². The van der Waals surface area contributed by atoms with Gasteiger partial charge in [0, 0.05) is 13.3 Å². The van der Waals surface area contributed by atoms with Crippen LogP contribution in [0.25, 0.3) is 0 Å². The van der Waals surface area contributed by atoms with Crippen molar-refractivity contribution in [3.05, 3.63) is 11.6 Å². The number of rotatable bonds is 2. The number of fused-ring (bicyclic) bond motifs is 5. The molecule has 3 fully saturated rings.